The summed E-state index contributed by atoms with van der Waals surface area (Å²) in [6, 6.07) is 6.52. The third kappa shape index (κ3) is 5.29. The first-order valence-electron chi connectivity index (χ1n) is 5.57. The van der Waals surface area contributed by atoms with Crippen LogP contribution in [0.5, 0.6) is 5.75 Å². The van der Waals surface area contributed by atoms with Crippen LogP contribution >= 0.6 is 0 Å². The quantitative estimate of drug-likeness (QED) is 0.682. The lowest BCUT2D eigenvalue weighted by Crippen LogP contribution is -2.25. The minimum absolute atomic E-state index is 0.159. The van der Waals surface area contributed by atoms with E-state index in [2.05, 4.69) is 5.32 Å². The van der Waals surface area contributed by atoms with Gasteiger partial charge in [0.2, 0.25) is 0 Å². The van der Waals surface area contributed by atoms with Gasteiger partial charge < -0.3 is 15.2 Å². The van der Waals surface area contributed by atoms with Gasteiger partial charge in [-0.15, -0.1) is 0 Å². The van der Waals surface area contributed by atoms with Crippen LogP contribution < -0.4 is 10.1 Å². The van der Waals surface area contributed by atoms with E-state index in [0.29, 0.717) is 31.2 Å². The van der Waals surface area contributed by atoms with Gasteiger partial charge in [-0.05, 0) is 12.1 Å². The number of nitrogens with one attached hydrogen (secondary N) is 1. The van der Waals surface area contributed by atoms with Gasteiger partial charge in [0, 0.05) is 35.9 Å². The van der Waals surface area contributed by atoms with Crippen molar-refractivity contribution in [3.05, 3.63) is 29.8 Å². The van der Waals surface area contributed by atoms with Crippen LogP contribution in [0.15, 0.2) is 24.3 Å². The molecule has 0 bridgehead atoms. The van der Waals surface area contributed by atoms with Gasteiger partial charge in [0.25, 0.3) is 0 Å². The molecule has 1 aromatic carbocycles. The summed E-state index contributed by atoms with van der Waals surface area (Å²) < 4.78 is 16.2. The molecule has 0 aliphatic carbocycles. The molecule has 5 nitrogen and oxygen atoms in total. The normalized spacial score (nSPS) is 12.1. The van der Waals surface area contributed by atoms with Gasteiger partial charge in [0.15, 0.2) is 0 Å². The van der Waals surface area contributed by atoms with E-state index in [1.807, 2.05) is 0 Å². The van der Waals surface area contributed by atoms with Gasteiger partial charge in [0.05, 0.1) is 0 Å². The maximum Gasteiger partial charge on any atom is 0.339 e. The van der Waals surface area contributed by atoms with Crippen LogP contribution in [-0.4, -0.2) is 47.0 Å². The highest BCUT2D eigenvalue weighted by atomic mass is 32.2. The van der Waals surface area contributed by atoms with E-state index >= 15 is 0 Å². The fraction of sp³-hybridized carbons (Fsp3) is 0.417. The molecule has 100 valence electrons. The number of hydrogen-bond acceptors (Lipinski definition) is 4. The number of ether oxygens (including phenoxy) is 1. The topological polar surface area (TPSA) is 75.6 Å². The number of carbonyl (C=O) groups is 1. The summed E-state index contributed by atoms with van der Waals surface area (Å²) >= 11 is 0. The van der Waals surface area contributed by atoms with Crippen LogP contribution in [0.25, 0.3) is 0 Å². The molecule has 2 N–H and O–H groups in total. The Kier molecular flexibility index (Phi) is 6.38. The predicted molar refractivity (Wildman–Crippen MR) is 70.7 cm³/mol. The van der Waals surface area contributed by atoms with Crippen molar-refractivity contribution in [2.24, 2.45) is 0 Å². The first-order valence-corrected chi connectivity index (χ1v) is 7.30. The SMILES string of the molecule is CS(=O)CCNCCOc1ccccc1C(=O)O. The second-order valence-electron chi connectivity index (χ2n) is 3.68. The molecule has 0 radical (unpaired) electrons. The lowest BCUT2D eigenvalue weighted by atomic mass is 10.2. The van der Waals surface area contributed by atoms with E-state index in [0.717, 1.165) is 0 Å². The lowest BCUT2D eigenvalue weighted by molar-refractivity contribution is 0.0692. The molecular formula is C12H17NO4S. The van der Waals surface area contributed by atoms with Crippen LogP contribution in [0.1, 0.15) is 10.4 Å². The molecule has 0 aliphatic heterocycles. The van der Waals surface area contributed by atoms with Crippen molar-refractivity contribution in [1.29, 1.82) is 0 Å². The summed E-state index contributed by atoms with van der Waals surface area (Å²) in [5.74, 6) is -0.0306. The van der Waals surface area contributed by atoms with Crippen LogP contribution in [0.2, 0.25) is 0 Å². The second-order valence-corrected chi connectivity index (χ2v) is 5.23. The van der Waals surface area contributed by atoms with Crippen molar-refractivity contribution in [2.75, 3.05) is 31.7 Å². The van der Waals surface area contributed by atoms with Crippen molar-refractivity contribution >= 4 is 16.8 Å². The van der Waals surface area contributed by atoms with Gasteiger partial charge in [0.1, 0.15) is 17.9 Å². The summed E-state index contributed by atoms with van der Waals surface area (Å²) in [4.78, 5) is 10.9. The molecule has 0 aromatic heterocycles. The second kappa shape index (κ2) is 7.84. The molecule has 1 aromatic rings. The molecule has 0 fully saturated rings. The van der Waals surface area contributed by atoms with Crippen molar-refractivity contribution < 1.29 is 18.8 Å². The third-order valence-corrected chi connectivity index (χ3v) is 3.00. The highest BCUT2D eigenvalue weighted by Gasteiger charge is 2.09. The van der Waals surface area contributed by atoms with Crippen molar-refractivity contribution in [1.82, 2.24) is 5.32 Å². The van der Waals surface area contributed by atoms with Gasteiger partial charge in [-0.25, -0.2) is 4.79 Å². The number of rotatable bonds is 8. The molecule has 0 aliphatic rings. The van der Waals surface area contributed by atoms with E-state index < -0.39 is 16.8 Å². The summed E-state index contributed by atoms with van der Waals surface area (Å²) in [7, 11) is -0.798. The zero-order valence-corrected chi connectivity index (χ0v) is 11.0. The van der Waals surface area contributed by atoms with E-state index in [4.69, 9.17) is 9.84 Å². The summed E-state index contributed by atoms with van der Waals surface area (Å²) in [6.45, 7) is 1.62. The van der Waals surface area contributed by atoms with Crippen LogP contribution in [0.4, 0.5) is 0 Å². The van der Waals surface area contributed by atoms with Crippen molar-refractivity contribution in [3.63, 3.8) is 0 Å². The van der Waals surface area contributed by atoms with Gasteiger partial charge in [-0.1, -0.05) is 12.1 Å². The molecular weight excluding hydrogens is 254 g/mol. The van der Waals surface area contributed by atoms with Crippen LogP contribution in [0.3, 0.4) is 0 Å². The fourth-order valence-corrected chi connectivity index (χ4v) is 1.78. The summed E-state index contributed by atoms with van der Waals surface area (Å²) in [5, 5.41) is 12.0. The molecule has 18 heavy (non-hydrogen) atoms. The smallest absolute Gasteiger partial charge is 0.339 e. The number of carboxylic acid groups (broad SMARTS) is 1. The highest BCUT2D eigenvalue weighted by Crippen LogP contribution is 2.17. The maximum atomic E-state index is 10.9. The van der Waals surface area contributed by atoms with E-state index in [1.165, 1.54) is 6.07 Å². The predicted octanol–water partition coefficient (Wildman–Crippen LogP) is 0.732. The Hall–Kier alpha value is -1.40. The first-order chi connectivity index (χ1) is 8.61. The van der Waals surface area contributed by atoms with Crippen molar-refractivity contribution in [3.8, 4) is 5.75 Å². The Bertz CT molecular complexity index is 422. The van der Waals surface area contributed by atoms with E-state index in [9.17, 15) is 9.00 Å². The standard InChI is InChI=1S/C12H17NO4S/c1-18(16)9-7-13-6-8-17-11-5-3-2-4-10(11)12(14)15/h2-5,13H,6-9H2,1H3,(H,14,15). The molecule has 1 rings (SSSR count). The average molecular weight is 271 g/mol. The molecule has 1 unspecified atom stereocenters. The maximum absolute atomic E-state index is 10.9. The van der Waals surface area contributed by atoms with Gasteiger partial charge in [-0.2, -0.15) is 0 Å². The summed E-state index contributed by atoms with van der Waals surface area (Å²) in [5.41, 5.74) is 0.159. The molecule has 0 spiro atoms. The molecule has 6 heteroatoms. The lowest BCUT2D eigenvalue weighted by Gasteiger charge is -2.09. The first kappa shape index (κ1) is 14.7. The Balaban J connectivity index is 2.31. The Morgan fingerprint density at radius 3 is 2.78 bits per heavy atom. The van der Waals surface area contributed by atoms with Crippen molar-refractivity contribution in [2.45, 2.75) is 0 Å². The molecule has 1 atom stereocenters. The number of aromatic carboxylic acids is 1. The Labute approximate surface area is 109 Å². The Morgan fingerprint density at radius 2 is 2.11 bits per heavy atom. The third-order valence-electron chi connectivity index (χ3n) is 2.22. The highest BCUT2D eigenvalue weighted by molar-refractivity contribution is 7.84. The largest absolute Gasteiger partial charge is 0.491 e. The zero-order chi connectivity index (χ0) is 13.4. The number of para-hydroxylation sites is 1. The number of hydrogen-bond donors (Lipinski definition) is 2. The van der Waals surface area contributed by atoms with Crippen LogP contribution in [0, 0.1) is 0 Å². The number of benzene rings is 1. The average Bonchev–Trinajstić information content (AvgIpc) is 2.33. The number of carboxylic acids is 1. The molecule has 0 saturated heterocycles. The Morgan fingerprint density at radius 1 is 1.39 bits per heavy atom. The van der Waals surface area contributed by atoms with E-state index in [1.54, 1.807) is 24.5 Å². The van der Waals surface area contributed by atoms with Gasteiger partial charge in [-0.3, -0.25) is 4.21 Å². The summed E-state index contributed by atoms with van der Waals surface area (Å²) in [6.07, 6.45) is 1.65. The molecule has 0 heterocycles. The fourth-order valence-electron chi connectivity index (χ4n) is 1.34. The zero-order valence-electron chi connectivity index (χ0n) is 10.2. The van der Waals surface area contributed by atoms with Gasteiger partial charge >= 0.3 is 5.97 Å². The van der Waals surface area contributed by atoms with E-state index in [-0.39, 0.29) is 5.56 Å². The molecule has 0 saturated carbocycles. The van der Waals surface area contributed by atoms with Crippen LogP contribution in [-0.2, 0) is 10.8 Å². The monoisotopic (exact) mass is 271 g/mol. The minimum Gasteiger partial charge on any atom is -0.491 e. The molecule has 0 amide bonds. The minimum atomic E-state index is -1.00.